The first kappa shape index (κ1) is 20.4. The molecule has 1 fully saturated rings. The minimum absolute atomic E-state index is 0.00655. The molecule has 2 aliphatic heterocycles. The molecule has 1 saturated heterocycles. The number of hydrogen-bond donors (Lipinski definition) is 1. The van der Waals surface area contributed by atoms with Gasteiger partial charge in [0.2, 0.25) is 5.91 Å². The number of ether oxygens (including phenoxy) is 1. The Hall–Kier alpha value is -2.30. The maximum atomic E-state index is 12.9. The standard InChI is InChI=1S/C23H32N2O3/c1-16-19(11-12-21(26)24-16)25-15-18-17(22(25)27)9-8-10-20(18)28-14-7-5-6-13-23(2,3)4/h8-10,19H,1,5-7,11-15H2,2-4H3,(H,24,26). The fourth-order valence-electron chi connectivity index (χ4n) is 3.94. The summed E-state index contributed by atoms with van der Waals surface area (Å²) in [5.41, 5.74) is 2.65. The zero-order valence-corrected chi connectivity index (χ0v) is 17.3. The first-order chi connectivity index (χ1) is 13.3. The largest absolute Gasteiger partial charge is 0.493 e. The SMILES string of the molecule is C=C1NC(=O)CCC1N1Cc2c(OCCCCCC(C)(C)C)cccc2C1=O. The van der Waals surface area contributed by atoms with E-state index in [2.05, 4.69) is 32.7 Å². The quantitative estimate of drug-likeness (QED) is 0.708. The van der Waals surface area contributed by atoms with Gasteiger partial charge in [0.1, 0.15) is 5.75 Å². The smallest absolute Gasteiger partial charge is 0.255 e. The monoisotopic (exact) mass is 384 g/mol. The van der Waals surface area contributed by atoms with Gasteiger partial charge in [-0.1, -0.05) is 46.3 Å². The highest BCUT2D eigenvalue weighted by Gasteiger charge is 2.37. The first-order valence-corrected chi connectivity index (χ1v) is 10.3. The van der Waals surface area contributed by atoms with Crippen molar-refractivity contribution in [2.45, 2.75) is 71.9 Å². The normalized spacial score (nSPS) is 19.6. The molecule has 2 amide bonds. The molecule has 152 valence electrons. The second-order valence-electron chi connectivity index (χ2n) is 9.06. The van der Waals surface area contributed by atoms with Crippen LogP contribution in [0.4, 0.5) is 0 Å². The highest BCUT2D eigenvalue weighted by Crippen LogP contribution is 2.34. The van der Waals surface area contributed by atoms with E-state index in [0.717, 1.165) is 24.2 Å². The molecule has 1 N–H and O–H groups in total. The fraction of sp³-hybridized carbons (Fsp3) is 0.565. The van der Waals surface area contributed by atoms with Gasteiger partial charge in [-0.2, -0.15) is 0 Å². The number of piperidine rings is 1. The van der Waals surface area contributed by atoms with Gasteiger partial charge in [-0.25, -0.2) is 0 Å². The van der Waals surface area contributed by atoms with Gasteiger partial charge in [0.05, 0.1) is 19.2 Å². The zero-order chi connectivity index (χ0) is 20.3. The van der Waals surface area contributed by atoms with Crippen LogP contribution in [0.5, 0.6) is 5.75 Å². The molecule has 5 nitrogen and oxygen atoms in total. The average molecular weight is 385 g/mol. The third-order valence-corrected chi connectivity index (χ3v) is 5.50. The van der Waals surface area contributed by atoms with E-state index in [1.807, 2.05) is 23.1 Å². The maximum absolute atomic E-state index is 12.9. The van der Waals surface area contributed by atoms with Crippen molar-refractivity contribution in [1.29, 1.82) is 0 Å². The Morgan fingerprint density at radius 3 is 2.71 bits per heavy atom. The summed E-state index contributed by atoms with van der Waals surface area (Å²) in [6.07, 6.45) is 5.64. The number of rotatable bonds is 7. The van der Waals surface area contributed by atoms with Crippen LogP contribution < -0.4 is 10.1 Å². The summed E-state index contributed by atoms with van der Waals surface area (Å²) in [4.78, 5) is 26.2. The Kier molecular flexibility index (Phi) is 6.11. The van der Waals surface area contributed by atoms with Gasteiger partial charge in [0, 0.05) is 23.2 Å². The Morgan fingerprint density at radius 2 is 2.00 bits per heavy atom. The molecule has 0 bridgehead atoms. The third-order valence-electron chi connectivity index (χ3n) is 5.50. The van der Waals surface area contributed by atoms with Crippen LogP contribution in [0.1, 0.15) is 75.2 Å². The van der Waals surface area contributed by atoms with E-state index >= 15 is 0 Å². The van der Waals surface area contributed by atoms with Gasteiger partial charge in [-0.3, -0.25) is 9.59 Å². The Labute approximate surface area is 168 Å². The van der Waals surface area contributed by atoms with Crippen molar-refractivity contribution in [2.24, 2.45) is 5.41 Å². The number of carbonyl (C=O) groups excluding carboxylic acids is 2. The van der Waals surface area contributed by atoms with E-state index in [-0.39, 0.29) is 17.9 Å². The summed E-state index contributed by atoms with van der Waals surface area (Å²) >= 11 is 0. The lowest BCUT2D eigenvalue weighted by molar-refractivity contribution is -0.121. The number of amides is 2. The van der Waals surface area contributed by atoms with Crippen LogP contribution in [0.15, 0.2) is 30.5 Å². The van der Waals surface area contributed by atoms with Gasteiger partial charge in [-0.15, -0.1) is 0 Å². The van der Waals surface area contributed by atoms with Crippen LogP contribution in [-0.2, 0) is 11.3 Å². The van der Waals surface area contributed by atoms with E-state index in [0.29, 0.717) is 42.7 Å². The molecule has 28 heavy (non-hydrogen) atoms. The van der Waals surface area contributed by atoms with Crippen LogP contribution in [0.3, 0.4) is 0 Å². The van der Waals surface area contributed by atoms with E-state index < -0.39 is 0 Å². The Morgan fingerprint density at radius 1 is 1.21 bits per heavy atom. The van der Waals surface area contributed by atoms with E-state index in [1.165, 1.54) is 12.8 Å². The number of hydrogen-bond acceptors (Lipinski definition) is 3. The molecule has 1 aromatic carbocycles. The van der Waals surface area contributed by atoms with Gasteiger partial charge in [0.15, 0.2) is 0 Å². The predicted molar refractivity (Wildman–Crippen MR) is 110 cm³/mol. The summed E-state index contributed by atoms with van der Waals surface area (Å²) in [7, 11) is 0. The topological polar surface area (TPSA) is 58.6 Å². The zero-order valence-electron chi connectivity index (χ0n) is 17.3. The molecular weight excluding hydrogens is 352 g/mol. The molecule has 0 radical (unpaired) electrons. The molecule has 1 aromatic rings. The fourth-order valence-corrected chi connectivity index (χ4v) is 3.94. The average Bonchev–Trinajstić information content (AvgIpc) is 2.95. The van der Waals surface area contributed by atoms with Crippen LogP contribution in [0, 0.1) is 5.41 Å². The Balaban J connectivity index is 1.58. The molecule has 0 aliphatic carbocycles. The minimum atomic E-state index is -0.150. The number of benzene rings is 1. The minimum Gasteiger partial charge on any atom is -0.493 e. The van der Waals surface area contributed by atoms with E-state index in [9.17, 15) is 9.59 Å². The number of nitrogens with one attached hydrogen (secondary N) is 1. The van der Waals surface area contributed by atoms with Gasteiger partial charge in [-0.05, 0) is 36.8 Å². The number of carbonyl (C=O) groups is 2. The van der Waals surface area contributed by atoms with Crippen LogP contribution >= 0.6 is 0 Å². The van der Waals surface area contributed by atoms with Gasteiger partial charge >= 0.3 is 0 Å². The highest BCUT2D eigenvalue weighted by molar-refractivity contribution is 5.99. The van der Waals surface area contributed by atoms with Crippen molar-refractivity contribution in [2.75, 3.05) is 6.61 Å². The van der Waals surface area contributed by atoms with Crippen molar-refractivity contribution in [3.05, 3.63) is 41.6 Å². The second-order valence-corrected chi connectivity index (χ2v) is 9.06. The van der Waals surface area contributed by atoms with Crippen molar-refractivity contribution in [1.82, 2.24) is 10.2 Å². The number of unbranched alkanes of at least 4 members (excludes halogenated alkanes) is 2. The lowest BCUT2D eigenvalue weighted by Gasteiger charge is -2.32. The molecule has 5 heteroatoms. The summed E-state index contributed by atoms with van der Waals surface area (Å²) in [5, 5.41) is 2.77. The molecular formula is C23H32N2O3. The summed E-state index contributed by atoms with van der Waals surface area (Å²) in [6.45, 7) is 11.9. The summed E-state index contributed by atoms with van der Waals surface area (Å²) in [5.74, 6) is 0.767. The lowest BCUT2D eigenvalue weighted by atomic mass is 9.89. The van der Waals surface area contributed by atoms with E-state index in [1.54, 1.807) is 0 Å². The second kappa shape index (κ2) is 8.38. The molecule has 0 aromatic heterocycles. The van der Waals surface area contributed by atoms with Crippen LogP contribution in [-0.4, -0.2) is 29.4 Å². The van der Waals surface area contributed by atoms with Crippen molar-refractivity contribution >= 4 is 11.8 Å². The van der Waals surface area contributed by atoms with Gasteiger partial charge in [0.25, 0.3) is 5.91 Å². The van der Waals surface area contributed by atoms with Crippen molar-refractivity contribution < 1.29 is 14.3 Å². The Bertz CT molecular complexity index is 764. The third kappa shape index (κ3) is 4.75. The van der Waals surface area contributed by atoms with Crippen molar-refractivity contribution in [3.8, 4) is 5.75 Å². The summed E-state index contributed by atoms with van der Waals surface area (Å²) < 4.78 is 6.04. The van der Waals surface area contributed by atoms with Gasteiger partial charge < -0.3 is 15.0 Å². The van der Waals surface area contributed by atoms with Crippen molar-refractivity contribution in [3.63, 3.8) is 0 Å². The lowest BCUT2D eigenvalue weighted by Crippen LogP contribution is -2.45. The maximum Gasteiger partial charge on any atom is 0.255 e. The molecule has 1 atom stereocenters. The predicted octanol–water partition coefficient (Wildman–Crippen LogP) is 4.42. The molecule has 0 spiro atoms. The molecule has 2 heterocycles. The number of nitrogens with zero attached hydrogens (tertiary/aromatic N) is 1. The number of fused-ring (bicyclic) bond motifs is 1. The molecule has 1 unspecified atom stereocenters. The highest BCUT2D eigenvalue weighted by atomic mass is 16.5. The van der Waals surface area contributed by atoms with Crippen LogP contribution in [0.25, 0.3) is 0 Å². The molecule has 0 saturated carbocycles. The summed E-state index contributed by atoms with van der Waals surface area (Å²) in [6, 6.07) is 5.54. The van der Waals surface area contributed by atoms with E-state index in [4.69, 9.17) is 4.74 Å². The molecule has 2 aliphatic rings. The first-order valence-electron chi connectivity index (χ1n) is 10.3. The molecule has 3 rings (SSSR count). The van der Waals surface area contributed by atoms with Crippen LogP contribution in [0.2, 0.25) is 0 Å².